The monoisotopic (exact) mass is 273 g/mol. The van der Waals surface area contributed by atoms with E-state index in [1.54, 1.807) is 7.11 Å². The molecule has 0 bridgehead atoms. The fraction of sp³-hybridized carbons (Fsp3) is 0.923. The predicted octanol–water partition coefficient (Wildman–Crippen LogP) is 1.86. The van der Waals surface area contributed by atoms with Crippen molar-refractivity contribution in [3.8, 4) is 0 Å². The first kappa shape index (κ1) is 15.6. The number of rotatable bonds is 8. The van der Waals surface area contributed by atoms with Crippen molar-refractivity contribution >= 4 is 17.7 Å². The smallest absolute Gasteiger partial charge is 0.191 e. The first-order valence-electron chi connectivity index (χ1n) is 6.92. The molecule has 1 unspecified atom stereocenters. The topological polar surface area (TPSA) is 45.7 Å². The zero-order valence-corrected chi connectivity index (χ0v) is 12.5. The molecule has 2 N–H and O–H groups in total. The minimum Gasteiger partial charge on any atom is -0.385 e. The Balaban J connectivity index is 1.99. The molecule has 1 atom stereocenters. The average molecular weight is 273 g/mol. The van der Waals surface area contributed by atoms with Crippen LogP contribution >= 0.6 is 11.8 Å². The second-order valence-electron chi connectivity index (χ2n) is 4.57. The van der Waals surface area contributed by atoms with Gasteiger partial charge in [-0.1, -0.05) is 0 Å². The lowest BCUT2D eigenvalue weighted by Gasteiger charge is -2.14. The molecule has 1 aliphatic rings. The Kier molecular flexibility index (Phi) is 9.12. The molecular formula is C13H27N3OS. The van der Waals surface area contributed by atoms with Gasteiger partial charge in [-0.2, -0.15) is 11.8 Å². The summed E-state index contributed by atoms with van der Waals surface area (Å²) in [6.45, 7) is 2.89. The van der Waals surface area contributed by atoms with Crippen LogP contribution < -0.4 is 10.6 Å². The standard InChI is InChI=1S/C13H27N3OS/c1-14-13(15-8-4-3-5-9-17-2)16-11-12-7-6-10-18-12/h12H,3-11H2,1-2H3,(H2,14,15,16). The molecule has 0 aromatic heterocycles. The van der Waals surface area contributed by atoms with Crippen molar-refractivity contribution in [1.82, 2.24) is 10.6 Å². The molecule has 1 aliphatic heterocycles. The number of methoxy groups -OCH3 is 1. The normalized spacial score (nSPS) is 20.1. The van der Waals surface area contributed by atoms with E-state index >= 15 is 0 Å². The molecule has 1 saturated heterocycles. The van der Waals surface area contributed by atoms with E-state index in [0.29, 0.717) is 0 Å². The highest BCUT2D eigenvalue weighted by molar-refractivity contribution is 8.00. The Hall–Kier alpha value is -0.420. The molecule has 1 rings (SSSR count). The van der Waals surface area contributed by atoms with Gasteiger partial charge in [0.05, 0.1) is 0 Å². The van der Waals surface area contributed by atoms with Crippen molar-refractivity contribution in [3.63, 3.8) is 0 Å². The zero-order chi connectivity index (χ0) is 13.1. The predicted molar refractivity (Wildman–Crippen MR) is 80.6 cm³/mol. The molecule has 18 heavy (non-hydrogen) atoms. The van der Waals surface area contributed by atoms with Crippen LogP contribution in [0.4, 0.5) is 0 Å². The maximum atomic E-state index is 5.03. The Bertz CT molecular complexity index is 230. The number of hydrogen-bond acceptors (Lipinski definition) is 3. The average Bonchev–Trinajstić information content (AvgIpc) is 2.90. The first-order chi connectivity index (χ1) is 8.86. The number of unbranched alkanes of at least 4 members (excludes halogenated alkanes) is 2. The highest BCUT2D eigenvalue weighted by atomic mass is 32.2. The van der Waals surface area contributed by atoms with Crippen molar-refractivity contribution in [2.24, 2.45) is 4.99 Å². The van der Waals surface area contributed by atoms with Crippen LogP contribution in [0.2, 0.25) is 0 Å². The molecule has 0 aromatic rings. The third-order valence-corrected chi connectivity index (χ3v) is 4.46. The minimum absolute atomic E-state index is 0.769. The molecular weight excluding hydrogens is 246 g/mol. The molecule has 0 spiro atoms. The fourth-order valence-corrected chi connectivity index (χ4v) is 3.19. The van der Waals surface area contributed by atoms with Gasteiger partial charge < -0.3 is 15.4 Å². The van der Waals surface area contributed by atoms with Gasteiger partial charge in [-0.25, -0.2) is 0 Å². The van der Waals surface area contributed by atoms with Crippen molar-refractivity contribution in [2.45, 2.75) is 37.4 Å². The van der Waals surface area contributed by atoms with Crippen molar-refractivity contribution in [2.75, 3.05) is 39.6 Å². The van der Waals surface area contributed by atoms with Gasteiger partial charge in [0, 0.05) is 39.1 Å². The molecule has 0 radical (unpaired) electrons. The molecule has 0 amide bonds. The van der Waals surface area contributed by atoms with Crippen LogP contribution in [-0.2, 0) is 4.74 Å². The SMILES string of the molecule is CN=C(NCCCCCOC)NCC1CCCS1. The van der Waals surface area contributed by atoms with E-state index in [1.165, 1.54) is 31.4 Å². The quantitative estimate of drug-likeness (QED) is 0.402. The summed E-state index contributed by atoms with van der Waals surface area (Å²) in [6, 6.07) is 0. The number of aliphatic imine (C=N–C) groups is 1. The summed E-state index contributed by atoms with van der Waals surface area (Å²) < 4.78 is 5.03. The number of nitrogens with one attached hydrogen (secondary N) is 2. The third-order valence-electron chi connectivity index (χ3n) is 3.06. The lowest BCUT2D eigenvalue weighted by Crippen LogP contribution is -2.40. The molecule has 0 aliphatic carbocycles. The van der Waals surface area contributed by atoms with Crippen LogP contribution in [-0.4, -0.2) is 50.8 Å². The Labute approximate surface area is 115 Å². The van der Waals surface area contributed by atoms with Gasteiger partial charge in [-0.15, -0.1) is 0 Å². The van der Waals surface area contributed by atoms with Gasteiger partial charge in [0.2, 0.25) is 0 Å². The second-order valence-corrected chi connectivity index (χ2v) is 5.98. The third kappa shape index (κ3) is 7.11. The number of thioether (sulfide) groups is 1. The molecule has 106 valence electrons. The molecule has 5 heteroatoms. The summed E-state index contributed by atoms with van der Waals surface area (Å²) in [6.07, 6.45) is 6.22. The highest BCUT2D eigenvalue weighted by Crippen LogP contribution is 2.25. The Morgan fingerprint density at radius 2 is 2.22 bits per heavy atom. The second kappa shape index (κ2) is 10.5. The lowest BCUT2D eigenvalue weighted by molar-refractivity contribution is 0.192. The van der Waals surface area contributed by atoms with Crippen molar-refractivity contribution in [1.29, 1.82) is 0 Å². The van der Waals surface area contributed by atoms with Gasteiger partial charge in [-0.05, 0) is 37.9 Å². The van der Waals surface area contributed by atoms with Gasteiger partial charge in [0.15, 0.2) is 5.96 Å². The molecule has 1 heterocycles. The highest BCUT2D eigenvalue weighted by Gasteiger charge is 2.15. The van der Waals surface area contributed by atoms with Crippen LogP contribution in [0, 0.1) is 0 Å². The van der Waals surface area contributed by atoms with Gasteiger partial charge in [-0.3, -0.25) is 4.99 Å². The van der Waals surface area contributed by atoms with Crippen LogP contribution in [0.3, 0.4) is 0 Å². The maximum absolute atomic E-state index is 5.03. The van der Waals surface area contributed by atoms with E-state index in [9.17, 15) is 0 Å². The van der Waals surface area contributed by atoms with E-state index in [2.05, 4.69) is 27.4 Å². The van der Waals surface area contributed by atoms with E-state index in [0.717, 1.165) is 37.3 Å². The summed E-state index contributed by atoms with van der Waals surface area (Å²) in [5, 5.41) is 7.53. The summed E-state index contributed by atoms with van der Waals surface area (Å²) in [4.78, 5) is 4.24. The van der Waals surface area contributed by atoms with Crippen molar-refractivity contribution in [3.05, 3.63) is 0 Å². The molecule has 1 fully saturated rings. The summed E-state index contributed by atoms with van der Waals surface area (Å²) in [7, 11) is 3.59. The zero-order valence-electron chi connectivity index (χ0n) is 11.7. The Morgan fingerprint density at radius 1 is 1.33 bits per heavy atom. The van der Waals surface area contributed by atoms with Crippen LogP contribution in [0.15, 0.2) is 4.99 Å². The number of guanidine groups is 1. The Morgan fingerprint density at radius 3 is 2.89 bits per heavy atom. The lowest BCUT2D eigenvalue weighted by atomic mass is 10.2. The number of hydrogen-bond donors (Lipinski definition) is 2. The minimum atomic E-state index is 0.769. The molecule has 0 saturated carbocycles. The van der Waals surface area contributed by atoms with Gasteiger partial charge >= 0.3 is 0 Å². The summed E-state index contributed by atoms with van der Waals surface area (Å²) >= 11 is 2.07. The van der Waals surface area contributed by atoms with Crippen LogP contribution in [0.1, 0.15) is 32.1 Å². The largest absolute Gasteiger partial charge is 0.385 e. The van der Waals surface area contributed by atoms with Crippen LogP contribution in [0.25, 0.3) is 0 Å². The summed E-state index contributed by atoms with van der Waals surface area (Å²) in [5.41, 5.74) is 0. The van der Waals surface area contributed by atoms with E-state index in [1.807, 2.05) is 7.05 Å². The van der Waals surface area contributed by atoms with Gasteiger partial charge in [0.25, 0.3) is 0 Å². The van der Waals surface area contributed by atoms with E-state index < -0.39 is 0 Å². The number of ether oxygens (including phenoxy) is 1. The first-order valence-corrected chi connectivity index (χ1v) is 7.96. The molecule has 4 nitrogen and oxygen atoms in total. The van der Waals surface area contributed by atoms with Gasteiger partial charge in [0.1, 0.15) is 0 Å². The van der Waals surface area contributed by atoms with Crippen LogP contribution in [0.5, 0.6) is 0 Å². The van der Waals surface area contributed by atoms with E-state index in [4.69, 9.17) is 4.74 Å². The van der Waals surface area contributed by atoms with E-state index in [-0.39, 0.29) is 0 Å². The molecule has 0 aromatic carbocycles. The van der Waals surface area contributed by atoms with Crippen molar-refractivity contribution < 1.29 is 4.74 Å². The maximum Gasteiger partial charge on any atom is 0.191 e. The summed E-state index contributed by atoms with van der Waals surface area (Å²) in [5.74, 6) is 2.26. The fourth-order valence-electron chi connectivity index (χ4n) is 1.99. The number of nitrogens with zero attached hydrogens (tertiary/aromatic N) is 1.